The van der Waals surface area contributed by atoms with E-state index in [1.54, 1.807) is 0 Å². The van der Waals surface area contributed by atoms with Crippen LogP contribution in [0.25, 0.3) is 5.57 Å². The third kappa shape index (κ3) is 1.18. The Bertz CT molecular complexity index is 405. The number of aryl methyl sites for hydroxylation is 1. The minimum atomic E-state index is 0.777. The topological polar surface area (TPSA) is 30.0 Å². The van der Waals surface area contributed by atoms with Gasteiger partial charge in [0.05, 0.1) is 5.69 Å². The average molecular weight is 173 g/mol. The molecule has 0 spiro atoms. The van der Waals surface area contributed by atoms with Crippen molar-refractivity contribution in [3.63, 3.8) is 0 Å². The Kier molecular flexibility index (Phi) is 1.76. The maximum Gasteiger partial charge on any atom is 0.152 e. The van der Waals surface area contributed by atoms with Gasteiger partial charge in [0.25, 0.3) is 0 Å². The van der Waals surface area contributed by atoms with Crippen LogP contribution in [-0.2, 0) is 11.2 Å². The van der Waals surface area contributed by atoms with Crippen LogP contribution in [0.4, 0.5) is 0 Å². The highest BCUT2D eigenvalue weighted by molar-refractivity contribution is 6.09. The van der Waals surface area contributed by atoms with Gasteiger partial charge in [-0.2, -0.15) is 0 Å². The highest BCUT2D eigenvalue weighted by Gasteiger charge is 2.19. The number of hydrogen-bond donors (Lipinski definition) is 0. The summed E-state index contributed by atoms with van der Waals surface area (Å²) in [5.41, 5.74) is 4.92. The van der Waals surface area contributed by atoms with Gasteiger partial charge >= 0.3 is 0 Å². The number of nitrogens with zero attached hydrogens (tertiary/aromatic N) is 1. The molecule has 1 aliphatic rings. The molecule has 1 aromatic rings. The maximum absolute atomic E-state index is 10.8. The average Bonchev–Trinajstić information content (AvgIpc) is 2.40. The molecule has 0 amide bonds. The van der Waals surface area contributed by atoms with E-state index >= 15 is 0 Å². The van der Waals surface area contributed by atoms with Crippen molar-refractivity contribution in [1.82, 2.24) is 4.98 Å². The Labute approximate surface area is 77.3 Å². The largest absolute Gasteiger partial charge is 0.298 e. The zero-order valence-electron chi connectivity index (χ0n) is 7.79. The van der Waals surface area contributed by atoms with Gasteiger partial charge in [-0.15, -0.1) is 0 Å². The van der Waals surface area contributed by atoms with Crippen LogP contribution in [0.15, 0.2) is 17.7 Å². The molecule has 0 saturated heterocycles. The molecular weight excluding hydrogens is 162 g/mol. The Morgan fingerprint density at radius 1 is 1.38 bits per heavy atom. The van der Waals surface area contributed by atoms with E-state index in [1.807, 2.05) is 19.9 Å². The number of carbonyl (C=O) groups is 1. The molecule has 0 aliphatic heterocycles. The van der Waals surface area contributed by atoms with E-state index in [0.29, 0.717) is 0 Å². The molecule has 0 bridgehead atoms. The molecule has 66 valence electrons. The standard InChI is InChI=1S/C11H11NO/c1-7-5-9-4-3-8(2)12-11(9)10(7)6-13/h3-4,6H,5H2,1-2H3. The lowest BCUT2D eigenvalue weighted by atomic mass is 10.1. The van der Waals surface area contributed by atoms with Gasteiger partial charge in [-0.05, 0) is 31.9 Å². The van der Waals surface area contributed by atoms with Gasteiger partial charge in [0.1, 0.15) is 0 Å². The fourth-order valence-electron chi connectivity index (χ4n) is 1.70. The third-order valence-corrected chi connectivity index (χ3v) is 2.41. The summed E-state index contributed by atoms with van der Waals surface area (Å²) >= 11 is 0. The van der Waals surface area contributed by atoms with E-state index in [-0.39, 0.29) is 0 Å². The lowest BCUT2D eigenvalue weighted by Gasteiger charge is -1.99. The van der Waals surface area contributed by atoms with Crippen LogP contribution in [0.5, 0.6) is 0 Å². The van der Waals surface area contributed by atoms with Crippen LogP contribution in [-0.4, -0.2) is 11.3 Å². The second-order valence-corrected chi connectivity index (χ2v) is 3.45. The number of aldehydes is 1. The smallest absolute Gasteiger partial charge is 0.152 e. The Hall–Kier alpha value is -1.44. The third-order valence-electron chi connectivity index (χ3n) is 2.41. The van der Waals surface area contributed by atoms with Crippen molar-refractivity contribution < 1.29 is 4.79 Å². The van der Waals surface area contributed by atoms with Crippen LogP contribution >= 0.6 is 0 Å². The summed E-state index contributed by atoms with van der Waals surface area (Å²) in [6.07, 6.45) is 1.78. The van der Waals surface area contributed by atoms with E-state index in [9.17, 15) is 4.79 Å². The van der Waals surface area contributed by atoms with E-state index in [2.05, 4.69) is 11.1 Å². The first-order valence-corrected chi connectivity index (χ1v) is 4.34. The highest BCUT2D eigenvalue weighted by Crippen LogP contribution is 2.29. The van der Waals surface area contributed by atoms with Crippen LogP contribution in [0.2, 0.25) is 0 Å². The van der Waals surface area contributed by atoms with Crippen molar-refractivity contribution in [2.45, 2.75) is 20.3 Å². The van der Waals surface area contributed by atoms with Crippen LogP contribution in [0.1, 0.15) is 23.9 Å². The minimum Gasteiger partial charge on any atom is -0.298 e. The zero-order chi connectivity index (χ0) is 9.42. The summed E-state index contributed by atoms with van der Waals surface area (Å²) in [7, 11) is 0. The van der Waals surface area contributed by atoms with Gasteiger partial charge in [-0.3, -0.25) is 9.78 Å². The highest BCUT2D eigenvalue weighted by atomic mass is 16.1. The van der Waals surface area contributed by atoms with Gasteiger partial charge < -0.3 is 0 Å². The Morgan fingerprint density at radius 3 is 2.85 bits per heavy atom. The molecule has 13 heavy (non-hydrogen) atoms. The summed E-state index contributed by atoms with van der Waals surface area (Å²) in [6, 6.07) is 4.04. The van der Waals surface area contributed by atoms with Gasteiger partial charge in [0.15, 0.2) is 6.29 Å². The van der Waals surface area contributed by atoms with Gasteiger partial charge in [-0.1, -0.05) is 11.6 Å². The molecule has 0 saturated carbocycles. The molecule has 0 atom stereocenters. The number of carbonyl (C=O) groups excluding carboxylic acids is 1. The molecule has 1 aromatic heterocycles. The molecule has 1 aliphatic carbocycles. The van der Waals surface area contributed by atoms with Crippen molar-refractivity contribution in [3.05, 3.63) is 34.7 Å². The fourth-order valence-corrected chi connectivity index (χ4v) is 1.70. The second-order valence-electron chi connectivity index (χ2n) is 3.45. The number of aromatic nitrogens is 1. The van der Waals surface area contributed by atoms with E-state index < -0.39 is 0 Å². The summed E-state index contributed by atoms with van der Waals surface area (Å²) in [4.78, 5) is 15.2. The van der Waals surface area contributed by atoms with E-state index in [1.165, 1.54) is 5.56 Å². The first-order valence-electron chi connectivity index (χ1n) is 4.34. The molecule has 0 unspecified atom stereocenters. The number of pyridine rings is 1. The van der Waals surface area contributed by atoms with Gasteiger partial charge in [-0.25, -0.2) is 0 Å². The lowest BCUT2D eigenvalue weighted by Crippen LogP contribution is -1.92. The predicted octanol–water partition coefficient (Wildman–Crippen LogP) is 1.92. The Balaban J connectivity index is 2.61. The molecule has 2 rings (SSSR count). The van der Waals surface area contributed by atoms with Crippen molar-refractivity contribution in [1.29, 1.82) is 0 Å². The SMILES string of the molecule is CC1=C(C=O)c2nc(C)ccc2C1. The number of rotatable bonds is 1. The number of allylic oxidation sites excluding steroid dienone is 2. The predicted molar refractivity (Wildman–Crippen MR) is 51.3 cm³/mol. The summed E-state index contributed by atoms with van der Waals surface area (Å²) in [6.45, 7) is 3.93. The molecule has 2 nitrogen and oxygen atoms in total. The zero-order valence-corrected chi connectivity index (χ0v) is 7.79. The van der Waals surface area contributed by atoms with Crippen LogP contribution < -0.4 is 0 Å². The fraction of sp³-hybridized carbons (Fsp3) is 0.273. The monoisotopic (exact) mass is 173 g/mol. The van der Waals surface area contributed by atoms with Gasteiger partial charge in [0.2, 0.25) is 0 Å². The van der Waals surface area contributed by atoms with Crippen LogP contribution in [0.3, 0.4) is 0 Å². The van der Waals surface area contributed by atoms with Crippen molar-refractivity contribution >= 4 is 11.9 Å². The maximum atomic E-state index is 10.8. The first-order chi connectivity index (χ1) is 6.22. The molecule has 0 N–H and O–H groups in total. The Morgan fingerprint density at radius 2 is 2.15 bits per heavy atom. The molecule has 2 heteroatoms. The normalized spacial score (nSPS) is 14.6. The second kappa shape index (κ2) is 2.80. The minimum absolute atomic E-state index is 0.777. The van der Waals surface area contributed by atoms with E-state index in [0.717, 1.165) is 35.2 Å². The van der Waals surface area contributed by atoms with Crippen LogP contribution in [0, 0.1) is 6.92 Å². The van der Waals surface area contributed by atoms with Gasteiger partial charge in [0, 0.05) is 11.3 Å². The molecule has 0 radical (unpaired) electrons. The molecule has 0 aromatic carbocycles. The molecule has 1 heterocycles. The first kappa shape index (κ1) is 8.17. The molecular formula is C11H11NO. The van der Waals surface area contributed by atoms with E-state index in [4.69, 9.17) is 0 Å². The number of fused-ring (bicyclic) bond motifs is 1. The summed E-state index contributed by atoms with van der Waals surface area (Å²) < 4.78 is 0. The van der Waals surface area contributed by atoms with Crippen molar-refractivity contribution in [2.75, 3.05) is 0 Å². The van der Waals surface area contributed by atoms with Crippen molar-refractivity contribution in [3.8, 4) is 0 Å². The lowest BCUT2D eigenvalue weighted by molar-refractivity contribution is -0.103. The summed E-state index contributed by atoms with van der Waals surface area (Å²) in [5.74, 6) is 0. The quantitative estimate of drug-likeness (QED) is 0.607. The summed E-state index contributed by atoms with van der Waals surface area (Å²) in [5, 5.41) is 0. The van der Waals surface area contributed by atoms with Crippen molar-refractivity contribution in [2.24, 2.45) is 0 Å². The molecule has 0 fully saturated rings. The number of hydrogen-bond acceptors (Lipinski definition) is 2.